The lowest BCUT2D eigenvalue weighted by Crippen LogP contribution is -2.37. The maximum absolute atomic E-state index is 5.20. The van der Waals surface area contributed by atoms with Gasteiger partial charge in [-0.05, 0) is 54.5 Å². The Bertz CT molecular complexity index is 1730. The topological polar surface area (TPSA) is 40.5 Å². The van der Waals surface area contributed by atoms with Crippen LogP contribution in [0.25, 0.3) is 27.9 Å². The first-order valence-electron chi connectivity index (χ1n) is 10.8. The minimum atomic E-state index is 0.959. The molecule has 0 unspecified atom stereocenters. The fraction of sp³-hybridized carbons (Fsp3) is 0.0714. The smallest absolute Gasteiger partial charge is 0.0975 e. The van der Waals surface area contributed by atoms with Crippen LogP contribution >= 0.6 is 0 Å². The highest BCUT2D eigenvalue weighted by Crippen LogP contribution is 2.39. The van der Waals surface area contributed by atoms with Crippen molar-refractivity contribution in [3.8, 4) is 0 Å². The Kier molecular flexibility index (Phi) is 3.37. The Morgan fingerprint density at radius 3 is 2.69 bits per heavy atom. The van der Waals surface area contributed by atoms with Crippen LogP contribution in [-0.2, 0) is 0 Å². The van der Waals surface area contributed by atoms with Gasteiger partial charge in [-0.15, -0.1) is 0 Å². The molecule has 0 aliphatic carbocycles. The number of nitrogens with zero attached hydrogens (tertiary/aromatic N) is 3. The Morgan fingerprint density at radius 1 is 0.906 bits per heavy atom. The van der Waals surface area contributed by atoms with Crippen LogP contribution in [0.15, 0.2) is 77.8 Å². The lowest BCUT2D eigenvalue weighted by Gasteiger charge is -2.29. The zero-order valence-corrected chi connectivity index (χ0v) is 17.8. The summed E-state index contributed by atoms with van der Waals surface area (Å²) in [5.74, 6) is 0. The molecule has 4 nitrogen and oxygen atoms in total. The average Bonchev–Trinajstić information content (AvgIpc) is 2.82. The number of rotatable bonds is 0. The summed E-state index contributed by atoms with van der Waals surface area (Å²) in [6.07, 6.45) is 2.25. The van der Waals surface area contributed by atoms with Gasteiger partial charge in [0.25, 0.3) is 0 Å². The highest BCUT2D eigenvalue weighted by molar-refractivity contribution is 6.08. The molecule has 0 saturated heterocycles. The van der Waals surface area contributed by atoms with Gasteiger partial charge in [-0.25, -0.2) is 9.98 Å². The van der Waals surface area contributed by atoms with E-state index in [2.05, 4.69) is 90.9 Å². The SMILES string of the molecule is Cc1ccc2cc3c4c(c5c(c3nc2c1)N(C)c1ccccc1C=5)=Nc1ccccc1N4. The van der Waals surface area contributed by atoms with Crippen molar-refractivity contribution in [3.05, 3.63) is 94.5 Å². The van der Waals surface area contributed by atoms with Crippen molar-refractivity contribution in [2.75, 3.05) is 17.3 Å². The summed E-state index contributed by atoms with van der Waals surface area (Å²) in [6, 6.07) is 25.4. The number of aromatic nitrogens is 1. The van der Waals surface area contributed by atoms with Gasteiger partial charge in [0, 0.05) is 28.7 Å². The van der Waals surface area contributed by atoms with Crippen molar-refractivity contribution in [1.82, 2.24) is 4.98 Å². The number of aryl methyl sites for hydroxylation is 1. The van der Waals surface area contributed by atoms with Crippen LogP contribution in [-0.4, -0.2) is 12.0 Å². The number of nitrogens with one attached hydrogen (secondary N) is 1. The van der Waals surface area contributed by atoms with E-state index in [1.165, 1.54) is 16.8 Å². The molecule has 152 valence electrons. The number of fused-ring (bicyclic) bond motifs is 9. The first-order valence-corrected chi connectivity index (χ1v) is 10.8. The summed E-state index contributed by atoms with van der Waals surface area (Å²) in [4.78, 5) is 12.6. The summed E-state index contributed by atoms with van der Waals surface area (Å²) in [5, 5.41) is 7.98. The third-order valence-electron chi connectivity index (χ3n) is 6.54. The van der Waals surface area contributed by atoms with Crippen molar-refractivity contribution in [2.24, 2.45) is 4.99 Å². The van der Waals surface area contributed by atoms with Crippen LogP contribution in [0.1, 0.15) is 11.1 Å². The third kappa shape index (κ3) is 2.32. The molecule has 1 aromatic heterocycles. The number of anilines is 4. The zero-order valence-electron chi connectivity index (χ0n) is 17.8. The Morgan fingerprint density at radius 2 is 1.75 bits per heavy atom. The van der Waals surface area contributed by atoms with Gasteiger partial charge in [-0.3, -0.25) is 0 Å². The summed E-state index contributed by atoms with van der Waals surface area (Å²) in [7, 11) is 2.13. The molecule has 0 radical (unpaired) electrons. The van der Waals surface area contributed by atoms with Gasteiger partial charge in [-0.2, -0.15) is 0 Å². The van der Waals surface area contributed by atoms with E-state index in [0.29, 0.717) is 0 Å². The standard InChI is InChI=1S/C28H20N4/c1-16-11-12-17-14-19-25-26(30-22-9-5-4-8-21(22)29-25)20-15-18-7-3-6-10-24(18)32(2)28(20)27(19)31-23(17)13-16/h3-15,29H,1-2H3. The molecule has 7 rings (SSSR count). The number of pyridine rings is 1. The molecule has 0 amide bonds. The quantitative estimate of drug-likeness (QED) is 0.330. The summed E-state index contributed by atoms with van der Waals surface area (Å²) < 4.78 is 0. The second-order valence-electron chi connectivity index (χ2n) is 8.58. The molecule has 0 bridgehead atoms. The summed E-state index contributed by atoms with van der Waals surface area (Å²) in [6.45, 7) is 2.11. The van der Waals surface area contributed by atoms with Crippen molar-refractivity contribution in [1.29, 1.82) is 0 Å². The first kappa shape index (κ1) is 17.5. The highest BCUT2D eigenvalue weighted by atomic mass is 15.1. The Labute approximate surface area is 185 Å². The normalized spacial score (nSPS) is 13.4. The third-order valence-corrected chi connectivity index (χ3v) is 6.54. The Balaban J connectivity index is 1.73. The molecule has 0 spiro atoms. The van der Waals surface area contributed by atoms with E-state index in [-0.39, 0.29) is 0 Å². The molecule has 4 aromatic carbocycles. The predicted octanol–water partition coefficient (Wildman–Crippen LogP) is 5.61. The largest absolute Gasteiger partial charge is 0.351 e. The van der Waals surface area contributed by atoms with Gasteiger partial charge in [0.2, 0.25) is 0 Å². The maximum atomic E-state index is 5.20. The molecule has 2 aliphatic rings. The van der Waals surface area contributed by atoms with Crippen LogP contribution in [0.2, 0.25) is 0 Å². The molecule has 2 aliphatic heterocycles. The second-order valence-corrected chi connectivity index (χ2v) is 8.58. The van der Waals surface area contributed by atoms with Crippen molar-refractivity contribution in [2.45, 2.75) is 6.92 Å². The lowest BCUT2D eigenvalue weighted by molar-refractivity contribution is 1.15. The Hall–Kier alpha value is -4.18. The van der Waals surface area contributed by atoms with Gasteiger partial charge in [0.15, 0.2) is 0 Å². The number of benzene rings is 4. The van der Waals surface area contributed by atoms with Crippen LogP contribution in [0.5, 0.6) is 0 Å². The van der Waals surface area contributed by atoms with Gasteiger partial charge < -0.3 is 10.2 Å². The lowest BCUT2D eigenvalue weighted by atomic mass is 9.98. The minimum absolute atomic E-state index is 0.959. The number of hydrogen-bond donors (Lipinski definition) is 1. The van der Waals surface area contributed by atoms with E-state index in [0.717, 1.165) is 55.1 Å². The predicted molar refractivity (Wildman–Crippen MR) is 132 cm³/mol. The number of para-hydroxylation sites is 3. The van der Waals surface area contributed by atoms with Crippen molar-refractivity contribution < 1.29 is 0 Å². The molecule has 3 heterocycles. The molecule has 0 saturated carbocycles. The van der Waals surface area contributed by atoms with E-state index in [9.17, 15) is 0 Å². The monoisotopic (exact) mass is 412 g/mol. The van der Waals surface area contributed by atoms with Crippen molar-refractivity contribution >= 4 is 56.3 Å². The van der Waals surface area contributed by atoms with E-state index in [4.69, 9.17) is 9.98 Å². The molecule has 32 heavy (non-hydrogen) atoms. The van der Waals surface area contributed by atoms with Crippen LogP contribution in [0.3, 0.4) is 0 Å². The molecule has 5 aromatic rings. The molecule has 0 atom stereocenters. The van der Waals surface area contributed by atoms with Crippen LogP contribution < -0.4 is 20.8 Å². The van der Waals surface area contributed by atoms with Gasteiger partial charge >= 0.3 is 0 Å². The summed E-state index contributed by atoms with van der Waals surface area (Å²) in [5.41, 5.74) is 9.69. The molecule has 0 fully saturated rings. The number of hydrogen-bond acceptors (Lipinski definition) is 4. The molecule has 1 N–H and O–H groups in total. The first-order chi connectivity index (χ1) is 15.7. The molecular formula is C28H20N4. The summed E-state index contributed by atoms with van der Waals surface area (Å²) >= 11 is 0. The van der Waals surface area contributed by atoms with Gasteiger partial charge in [0.05, 0.1) is 39.1 Å². The fourth-order valence-electron chi connectivity index (χ4n) is 4.99. The second kappa shape index (κ2) is 6.17. The van der Waals surface area contributed by atoms with E-state index in [1.807, 2.05) is 12.1 Å². The zero-order chi connectivity index (χ0) is 21.4. The fourth-order valence-corrected chi connectivity index (χ4v) is 4.99. The minimum Gasteiger partial charge on any atom is -0.351 e. The van der Waals surface area contributed by atoms with E-state index < -0.39 is 0 Å². The van der Waals surface area contributed by atoms with Crippen LogP contribution in [0, 0.1) is 6.92 Å². The molecule has 4 heteroatoms. The van der Waals surface area contributed by atoms with Gasteiger partial charge in [-0.1, -0.05) is 42.5 Å². The van der Waals surface area contributed by atoms with Gasteiger partial charge in [0.1, 0.15) is 0 Å². The maximum Gasteiger partial charge on any atom is 0.0975 e. The highest BCUT2D eigenvalue weighted by Gasteiger charge is 2.24. The van der Waals surface area contributed by atoms with E-state index >= 15 is 0 Å². The van der Waals surface area contributed by atoms with Crippen molar-refractivity contribution in [3.63, 3.8) is 0 Å². The van der Waals surface area contributed by atoms with E-state index in [1.54, 1.807) is 0 Å². The molecular weight excluding hydrogens is 392 g/mol. The van der Waals surface area contributed by atoms with Crippen LogP contribution in [0.4, 0.5) is 28.4 Å². The average molecular weight is 412 g/mol.